The van der Waals surface area contributed by atoms with Crippen LogP contribution in [0.2, 0.25) is 0 Å². The summed E-state index contributed by atoms with van der Waals surface area (Å²) >= 11 is 0. The highest BCUT2D eigenvalue weighted by molar-refractivity contribution is 5.96. The van der Waals surface area contributed by atoms with Gasteiger partial charge in [-0.2, -0.15) is 0 Å². The van der Waals surface area contributed by atoms with Crippen LogP contribution in [-0.2, 0) is 11.1 Å². The van der Waals surface area contributed by atoms with Crippen LogP contribution in [-0.4, -0.2) is 46.9 Å². The number of fused-ring (bicyclic) bond motifs is 1. The third-order valence-electron chi connectivity index (χ3n) is 7.67. The van der Waals surface area contributed by atoms with Crippen molar-refractivity contribution in [3.63, 3.8) is 0 Å². The summed E-state index contributed by atoms with van der Waals surface area (Å²) in [6, 6.07) is 14.8. The lowest BCUT2D eigenvalue weighted by molar-refractivity contribution is -0.0118. The molecule has 0 radical (unpaired) electrons. The number of pyridine rings is 1. The molecular weight excluding hydrogens is 496 g/mol. The van der Waals surface area contributed by atoms with Crippen LogP contribution in [0.1, 0.15) is 66.7 Å². The highest BCUT2D eigenvalue weighted by atomic mass is 16.5. The quantitative estimate of drug-likeness (QED) is 0.346. The molecule has 4 N–H and O–H groups in total. The number of benzene rings is 2. The average molecular weight is 533 g/mol. The molecule has 1 aromatic heterocycles. The van der Waals surface area contributed by atoms with E-state index in [2.05, 4.69) is 0 Å². The topological polar surface area (TPSA) is 124 Å². The molecule has 0 amide bonds. The van der Waals surface area contributed by atoms with Crippen molar-refractivity contribution in [3.8, 4) is 28.5 Å². The predicted molar refractivity (Wildman–Crippen MR) is 147 cm³/mol. The van der Waals surface area contributed by atoms with Crippen molar-refractivity contribution < 1.29 is 29.2 Å². The maximum absolute atomic E-state index is 13.1. The first-order chi connectivity index (χ1) is 18.5. The summed E-state index contributed by atoms with van der Waals surface area (Å²) < 4.78 is 17.3. The van der Waals surface area contributed by atoms with Gasteiger partial charge in [-0.15, -0.1) is 0 Å². The smallest absolute Gasteiger partial charge is 0.163 e. The Morgan fingerprint density at radius 3 is 2.56 bits per heavy atom. The van der Waals surface area contributed by atoms with Gasteiger partial charge >= 0.3 is 0 Å². The van der Waals surface area contributed by atoms with Crippen LogP contribution in [0.5, 0.6) is 17.2 Å². The number of hydrogen-bond acceptors (Lipinski definition) is 8. The maximum Gasteiger partial charge on any atom is 0.163 e. The predicted octanol–water partition coefficient (Wildman–Crippen LogP) is 4.40. The molecule has 0 saturated heterocycles. The van der Waals surface area contributed by atoms with Crippen molar-refractivity contribution in [1.82, 2.24) is 4.98 Å². The van der Waals surface area contributed by atoms with Gasteiger partial charge < -0.3 is 30.2 Å². The first-order valence-corrected chi connectivity index (χ1v) is 13.3. The van der Waals surface area contributed by atoms with Crippen molar-refractivity contribution >= 4 is 5.78 Å². The van der Waals surface area contributed by atoms with E-state index >= 15 is 0 Å². The number of methoxy groups -OCH3 is 1. The molecule has 2 atom stereocenters. The Kier molecular flexibility index (Phi) is 7.13. The summed E-state index contributed by atoms with van der Waals surface area (Å²) in [7, 11) is 1.52. The average Bonchev–Trinajstić information content (AvgIpc) is 3.21. The zero-order valence-electron chi connectivity index (χ0n) is 22.9. The van der Waals surface area contributed by atoms with Crippen LogP contribution < -0.4 is 19.9 Å². The second kappa shape index (κ2) is 10.3. The minimum Gasteiger partial charge on any atom is -0.493 e. The molecule has 5 rings (SSSR count). The van der Waals surface area contributed by atoms with Crippen molar-refractivity contribution in [1.29, 1.82) is 0 Å². The zero-order chi connectivity index (χ0) is 27.9. The summed E-state index contributed by atoms with van der Waals surface area (Å²) in [5.74, 6) is 1.49. The first kappa shape index (κ1) is 27.1. The van der Waals surface area contributed by atoms with Crippen LogP contribution in [0.4, 0.5) is 0 Å². The summed E-state index contributed by atoms with van der Waals surface area (Å²) in [4.78, 5) is 18.0. The second-order valence-electron chi connectivity index (χ2n) is 11.2. The van der Waals surface area contributed by atoms with Crippen molar-refractivity contribution in [3.05, 3.63) is 70.9 Å². The number of aliphatic hydroxyl groups excluding tert-OH is 1. The molecule has 1 aliphatic heterocycles. The highest BCUT2D eigenvalue weighted by Crippen LogP contribution is 2.44. The van der Waals surface area contributed by atoms with E-state index in [-0.39, 0.29) is 30.8 Å². The molecule has 1 fully saturated rings. The van der Waals surface area contributed by atoms with Crippen LogP contribution in [0, 0.1) is 6.92 Å². The molecular formula is C31H36N2O6. The highest BCUT2D eigenvalue weighted by Gasteiger charge is 2.38. The fourth-order valence-electron chi connectivity index (χ4n) is 4.97. The second-order valence-corrected chi connectivity index (χ2v) is 11.2. The molecule has 8 heteroatoms. The summed E-state index contributed by atoms with van der Waals surface area (Å²) in [5, 5.41) is 21.0. The Balaban J connectivity index is 1.36. The number of carbonyl (C=O) groups is 1. The van der Waals surface area contributed by atoms with E-state index in [4.69, 9.17) is 24.9 Å². The minimum absolute atomic E-state index is 0.0593. The normalized spacial score (nSPS) is 23.3. The van der Waals surface area contributed by atoms with Gasteiger partial charge in [0.25, 0.3) is 0 Å². The summed E-state index contributed by atoms with van der Waals surface area (Å²) in [6.07, 6.45) is 1.03. The third kappa shape index (κ3) is 5.50. The lowest BCUT2D eigenvalue weighted by Crippen LogP contribution is -2.37. The number of rotatable bonds is 9. The standard InChI is InChI=1S/C31H36N2O6/c1-18-5-7-19(8-6-18)28-29-23(30(2,32)17-38-29)16-27(33-28)31(3,36)12-11-24(35)20-9-10-25(26(13-20)37-4)39-22-14-21(34)15-22/h5-10,13,16,21-22,34,36H,11-12,14-15,17,32H2,1-4H3. The molecule has 0 spiro atoms. The van der Waals surface area contributed by atoms with Crippen LogP contribution in [0.3, 0.4) is 0 Å². The summed E-state index contributed by atoms with van der Waals surface area (Å²) in [5.41, 5.74) is 8.74. The summed E-state index contributed by atoms with van der Waals surface area (Å²) in [6.45, 7) is 5.90. The monoisotopic (exact) mass is 532 g/mol. The van der Waals surface area contributed by atoms with E-state index < -0.39 is 11.1 Å². The largest absolute Gasteiger partial charge is 0.493 e. The van der Waals surface area contributed by atoms with Gasteiger partial charge in [0.05, 0.1) is 24.4 Å². The Hall–Kier alpha value is -3.46. The van der Waals surface area contributed by atoms with Gasteiger partial charge in [-0.1, -0.05) is 29.8 Å². The Morgan fingerprint density at radius 2 is 1.90 bits per heavy atom. The van der Waals surface area contributed by atoms with Crippen molar-refractivity contribution in [2.45, 2.75) is 69.8 Å². The third-order valence-corrected chi connectivity index (χ3v) is 7.67. The van der Waals surface area contributed by atoms with Gasteiger partial charge in [0.15, 0.2) is 23.0 Å². The molecule has 1 aliphatic carbocycles. The van der Waals surface area contributed by atoms with Gasteiger partial charge in [-0.05, 0) is 51.5 Å². The lowest BCUT2D eigenvalue weighted by atomic mass is 9.88. The number of aliphatic hydroxyl groups is 2. The number of aryl methyl sites for hydroxylation is 1. The Morgan fingerprint density at radius 1 is 1.18 bits per heavy atom. The van der Waals surface area contributed by atoms with Gasteiger partial charge in [0, 0.05) is 36.0 Å². The van der Waals surface area contributed by atoms with Crippen LogP contribution in [0.15, 0.2) is 48.5 Å². The van der Waals surface area contributed by atoms with Gasteiger partial charge in [0.2, 0.25) is 0 Å². The van der Waals surface area contributed by atoms with E-state index in [0.717, 1.165) is 16.7 Å². The van der Waals surface area contributed by atoms with E-state index in [1.54, 1.807) is 31.2 Å². The minimum atomic E-state index is -1.39. The number of Topliss-reactive ketones (excluding diaryl/α,β-unsaturated/α-hetero) is 1. The number of nitrogens with two attached hydrogens (primary N) is 1. The van der Waals surface area contributed by atoms with Crippen LogP contribution >= 0.6 is 0 Å². The molecule has 39 heavy (non-hydrogen) atoms. The first-order valence-electron chi connectivity index (χ1n) is 13.3. The number of hydrogen-bond donors (Lipinski definition) is 3. The molecule has 2 heterocycles. The number of nitrogens with zero attached hydrogens (tertiary/aromatic N) is 1. The SMILES string of the molecule is COc1cc(C(=O)CCC(C)(O)c2cc3c(c(-c4ccc(C)cc4)n2)OCC3(C)N)ccc1OC1CC(O)C1. The number of carbonyl (C=O) groups excluding carboxylic acids is 1. The molecule has 1 saturated carbocycles. The van der Waals surface area contributed by atoms with Gasteiger partial charge in [-0.25, -0.2) is 4.98 Å². The number of ether oxygens (including phenoxy) is 3. The number of aromatic nitrogens is 1. The van der Waals surface area contributed by atoms with E-state index in [1.807, 2.05) is 38.1 Å². The van der Waals surface area contributed by atoms with Crippen molar-refractivity contribution in [2.24, 2.45) is 5.73 Å². The van der Waals surface area contributed by atoms with Crippen LogP contribution in [0.25, 0.3) is 11.3 Å². The van der Waals surface area contributed by atoms with E-state index in [0.29, 0.717) is 53.6 Å². The van der Waals surface area contributed by atoms with Crippen molar-refractivity contribution in [2.75, 3.05) is 13.7 Å². The Labute approximate surface area is 228 Å². The molecule has 0 bridgehead atoms. The molecule has 206 valence electrons. The van der Waals surface area contributed by atoms with E-state index in [1.165, 1.54) is 7.11 Å². The number of ketones is 1. The fraction of sp³-hybridized carbons (Fsp3) is 0.419. The molecule has 2 aromatic carbocycles. The molecule has 2 unspecified atom stereocenters. The van der Waals surface area contributed by atoms with Gasteiger partial charge in [-0.3, -0.25) is 4.79 Å². The maximum atomic E-state index is 13.1. The zero-order valence-corrected chi connectivity index (χ0v) is 22.9. The molecule has 2 aliphatic rings. The molecule has 8 nitrogen and oxygen atoms in total. The lowest BCUT2D eigenvalue weighted by Gasteiger charge is -2.32. The fourth-order valence-corrected chi connectivity index (χ4v) is 4.97. The van der Waals surface area contributed by atoms with E-state index in [9.17, 15) is 15.0 Å². The Bertz CT molecular complexity index is 1380. The molecule has 3 aromatic rings. The van der Waals surface area contributed by atoms with Gasteiger partial charge in [0.1, 0.15) is 24.0 Å².